The number of hydrogen-bond donors (Lipinski definition) is 2. The minimum atomic E-state index is -0.933. The van der Waals surface area contributed by atoms with Crippen LogP contribution in [0.2, 0.25) is 0 Å². The van der Waals surface area contributed by atoms with Crippen molar-refractivity contribution in [3.05, 3.63) is 0 Å². The second-order valence-corrected chi connectivity index (χ2v) is 4.71. The van der Waals surface area contributed by atoms with Gasteiger partial charge in [-0.05, 0) is 30.3 Å². The van der Waals surface area contributed by atoms with Gasteiger partial charge in [-0.15, -0.1) is 0 Å². The van der Waals surface area contributed by atoms with E-state index in [0.29, 0.717) is 12.3 Å². The molecular weight excluding hydrogens is 202 g/mol. The molecule has 0 spiro atoms. The Morgan fingerprint density at radius 2 is 2.36 bits per heavy atom. The molecule has 1 fully saturated rings. The van der Waals surface area contributed by atoms with Gasteiger partial charge in [0.15, 0.2) is 0 Å². The van der Waals surface area contributed by atoms with E-state index in [1.54, 1.807) is 0 Å². The average Bonchev–Trinajstić information content (AvgIpc) is 2.54. The molecular formula is C9H15NO3S. The molecule has 0 radical (unpaired) electrons. The number of aliphatic carboxylic acids is 1. The summed E-state index contributed by atoms with van der Waals surface area (Å²) in [7, 11) is 0. The monoisotopic (exact) mass is 217 g/mol. The van der Waals surface area contributed by atoms with Crippen molar-refractivity contribution < 1.29 is 14.7 Å². The number of carboxylic acids is 1. The van der Waals surface area contributed by atoms with Gasteiger partial charge in [-0.2, -0.15) is 11.8 Å². The fraction of sp³-hybridized carbons (Fsp3) is 0.778. The first-order valence-electron chi connectivity index (χ1n) is 4.67. The molecule has 2 N–H and O–H groups in total. The molecule has 1 saturated heterocycles. The molecule has 1 aliphatic rings. The van der Waals surface area contributed by atoms with Crippen LogP contribution < -0.4 is 5.32 Å². The van der Waals surface area contributed by atoms with E-state index in [-0.39, 0.29) is 5.91 Å². The van der Waals surface area contributed by atoms with Crippen molar-refractivity contribution in [2.24, 2.45) is 5.92 Å². The van der Waals surface area contributed by atoms with E-state index >= 15 is 0 Å². The van der Waals surface area contributed by atoms with Crippen LogP contribution in [-0.4, -0.2) is 34.5 Å². The van der Waals surface area contributed by atoms with Crippen LogP contribution in [0.3, 0.4) is 0 Å². The molecule has 0 aromatic rings. The van der Waals surface area contributed by atoms with Crippen molar-refractivity contribution in [3.8, 4) is 0 Å². The zero-order valence-corrected chi connectivity index (χ0v) is 8.97. The summed E-state index contributed by atoms with van der Waals surface area (Å²) < 4.78 is 0. The van der Waals surface area contributed by atoms with E-state index in [4.69, 9.17) is 5.11 Å². The van der Waals surface area contributed by atoms with Crippen molar-refractivity contribution in [1.82, 2.24) is 5.32 Å². The number of hydrogen-bond acceptors (Lipinski definition) is 3. The van der Waals surface area contributed by atoms with Crippen molar-refractivity contribution in [2.45, 2.75) is 25.8 Å². The molecule has 1 amide bonds. The fourth-order valence-electron chi connectivity index (χ4n) is 1.57. The quantitative estimate of drug-likeness (QED) is 0.728. The molecule has 0 aromatic heterocycles. The molecule has 2 atom stereocenters. The predicted octanol–water partition coefficient (Wildman–Crippen LogP) is 0.719. The molecule has 1 heterocycles. The maximum Gasteiger partial charge on any atom is 0.326 e. The first-order valence-corrected chi connectivity index (χ1v) is 5.82. The molecule has 0 bridgehead atoms. The lowest BCUT2D eigenvalue weighted by Crippen LogP contribution is -2.40. The maximum absolute atomic E-state index is 10.8. The zero-order valence-electron chi connectivity index (χ0n) is 8.16. The second-order valence-electron chi connectivity index (χ2n) is 3.56. The van der Waals surface area contributed by atoms with Gasteiger partial charge in [-0.3, -0.25) is 4.79 Å². The van der Waals surface area contributed by atoms with Crippen molar-refractivity contribution in [2.75, 3.05) is 11.5 Å². The maximum atomic E-state index is 10.8. The lowest BCUT2D eigenvalue weighted by molar-refractivity contribution is -0.142. The SMILES string of the molecule is CC(=O)NC(CC1CCSC1)C(=O)O. The van der Waals surface area contributed by atoms with Crippen LogP contribution in [0.1, 0.15) is 19.8 Å². The molecule has 80 valence electrons. The predicted molar refractivity (Wildman–Crippen MR) is 55.3 cm³/mol. The smallest absolute Gasteiger partial charge is 0.326 e. The summed E-state index contributed by atoms with van der Waals surface area (Å²) in [4.78, 5) is 21.6. The van der Waals surface area contributed by atoms with Crippen LogP contribution in [0.15, 0.2) is 0 Å². The molecule has 4 nitrogen and oxygen atoms in total. The van der Waals surface area contributed by atoms with Crippen LogP contribution in [0, 0.1) is 5.92 Å². The van der Waals surface area contributed by atoms with E-state index in [0.717, 1.165) is 17.9 Å². The Hall–Kier alpha value is -0.710. The van der Waals surface area contributed by atoms with Gasteiger partial charge in [0.1, 0.15) is 6.04 Å². The van der Waals surface area contributed by atoms with E-state index in [1.165, 1.54) is 6.92 Å². The summed E-state index contributed by atoms with van der Waals surface area (Å²) in [5, 5.41) is 11.3. The lowest BCUT2D eigenvalue weighted by Gasteiger charge is -2.16. The Kier molecular flexibility index (Phi) is 4.25. The molecule has 2 unspecified atom stereocenters. The summed E-state index contributed by atoms with van der Waals surface area (Å²) in [5.41, 5.74) is 0. The van der Waals surface area contributed by atoms with Gasteiger partial charge in [0, 0.05) is 6.92 Å². The number of carboxylic acid groups (broad SMARTS) is 1. The number of amides is 1. The second kappa shape index (κ2) is 5.24. The van der Waals surface area contributed by atoms with E-state index in [1.807, 2.05) is 11.8 Å². The van der Waals surface area contributed by atoms with Crippen LogP contribution in [-0.2, 0) is 9.59 Å². The van der Waals surface area contributed by atoms with Crippen molar-refractivity contribution in [1.29, 1.82) is 0 Å². The van der Waals surface area contributed by atoms with Crippen LogP contribution in [0.25, 0.3) is 0 Å². The highest BCUT2D eigenvalue weighted by molar-refractivity contribution is 7.99. The van der Waals surface area contributed by atoms with Crippen molar-refractivity contribution >= 4 is 23.6 Å². The standard InChI is InChI=1S/C9H15NO3S/c1-6(11)10-8(9(12)13)4-7-2-3-14-5-7/h7-8H,2-5H2,1H3,(H,10,11)(H,12,13). The van der Waals surface area contributed by atoms with Gasteiger partial charge in [-0.1, -0.05) is 0 Å². The van der Waals surface area contributed by atoms with E-state index in [9.17, 15) is 9.59 Å². The Labute approximate surface area is 87.4 Å². The van der Waals surface area contributed by atoms with E-state index in [2.05, 4.69) is 5.32 Å². The fourth-order valence-corrected chi connectivity index (χ4v) is 2.87. The van der Waals surface area contributed by atoms with Gasteiger partial charge in [0.2, 0.25) is 5.91 Å². The normalized spacial score (nSPS) is 23.1. The Morgan fingerprint density at radius 1 is 1.64 bits per heavy atom. The lowest BCUT2D eigenvalue weighted by atomic mass is 9.99. The highest BCUT2D eigenvalue weighted by Gasteiger charge is 2.25. The summed E-state index contributed by atoms with van der Waals surface area (Å²) in [6, 6.07) is -0.712. The third-order valence-electron chi connectivity index (χ3n) is 2.27. The number of carbonyl (C=O) groups is 2. The molecule has 0 aromatic carbocycles. The number of rotatable bonds is 4. The minimum Gasteiger partial charge on any atom is -0.480 e. The highest BCUT2D eigenvalue weighted by atomic mass is 32.2. The number of carbonyl (C=O) groups excluding carboxylic acids is 1. The Bertz CT molecular complexity index is 226. The summed E-state index contributed by atoms with van der Waals surface area (Å²) in [6.07, 6.45) is 1.62. The number of thioether (sulfide) groups is 1. The van der Waals surface area contributed by atoms with Gasteiger partial charge in [-0.25, -0.2) is 4.79 Å². The highest BCUT2D eigenvalue weighted by Crippen LogP contribution is 2.27. The molecule has 5 heteroatoms. The first kappa shape index (κ1) is 11.4. The molecule has 1 aliphatic heterocycles. The third-order valence-corrected chi connectivity index (χ3v) is 3.50. The van der Waals surface area contributed by atoms with Crippen LogP contribution in [0.4, 0.5) is 0 Å². The summed E-state index contributed by atoms with van der Waals surface area (Å²) >= 11 is 1.85. The summed E-state index contributed by atoms with van der Waals surface area (Å²) in [6.45, 7) is 1.35. The van der Waals surface area contributed by atoms with Gasteiger partial charge >= 0.3 is 5.97 Å². The first-order chi connectivity index (χ1) is 6.59. The van der Waals surface area contributed by atoms with Gasteiger partial charge in [0.25, 0.3) is 0 Å². The molecule has 14 heavy (non-hydrogen) atoms. The Morgan fingerprint density at radius 3 is 2.79 bits per heavy atom. The van der Waals surface area contributed by atoms with E-state index < -0.39 is 12.0 Å². The zero-order chi connectivity index (χ0) is 10.6. The minimum absolute atomic E-state index is 0.275. The molecule has 0 saturated carbocycles. The van der Waals surface area contributed by atoms with Crippen LogP contribution >= 0.6 is 11.8 Å². The molecule has 0 aliphatic carbocycles. The topological polar surface area (TPSA) is 66.4 Å². The third kappa shape index (κ3) is 3.57. The van der Waals surface area contributed by atoms with Gasteiger partial charge < -0.3 is 10.4 Å². The van der Waals surface area contributed by atoms with Crippen LogP contribution in [0.5, 0.6) is 0 Å². The number of nitrogens with one attached hydrogen (secondary N) is 1. The summed E-state index contributed by atoms with van der Waals surface area (Å²) in [5.74, 6) is 1.36. The van der Waals surface area contributed by atoms with Crippen molar-refractivity contribution in [3.63, 3.8) is 0 Å². The Balaban J connectivity index is 2.41. The van der Waals surface area contributed by atoms with Gasteiger partial charge in [0.05, 0.1) is 0 Å². The molecule has 1 rings (SSSR count). The largest absolute Gasteiger partial charge is 0.480 e. The average molecular weight is 217 g/mol.